The number of hydrogen-bond donors (Lipinski definition) is 0. The average Bonchev–Trinajstić information content (AvgIpc) is 2.94. The quantitative estimate of drug-likeness (QED) is 0.828. The maximum Gasteiger partial charge on any atom is 0.223 e. The monoisotopic (exact) mass is 334 g/mol. The fraction of sp³-hybridized carbons (Fsp3) is 0.833. The molecule has 2 fully saturated rings. The lowest BCUT2D eigenvalue weighted by molar-refractivity contribution is -0.139. The van der Waals surface area contributed by atoms with E-state index < -0.39 is 0 Å². The van der Waals surface area contributed by atoms with Crippen LogP contribution in [0.15, 0.2) is 4.52 Å². The van der Waals surface area contributed by atoms with Gasteiger partial charge < -0.3 is 9.42 Å². The Balaban J connectivity index is 1.62. The van der Waals surface area contributed by atoms with Crippen molar-refractivity contribution in [1.29, 1.82) is 0 Å². The molecule has 6 nitrogen and oxygen atoms in total. The van der Waals surface area contributed by atoms with Crippen molar-refractivity contribution in [3.8, 4) is 0 Å². The van der Waals surface area contributed by atoms with Crippen LogP contribution in [-0.4, -0.2) is 52.0 Å². The summed E-state index contributed by atoms with van der Waals surface area (Å²) in [6, 6.07) is 0. The zero-order valence-electron chi connectivity index (χ0n) is 15.3. The summed E-state index contributed by atoms with van der Waals surface area (Å²) in [5, 5.41) is 4.03. The van der Waals surface area contributed by atoms with Gasteiger partial charge in [-0.25, -0.2) is 0 Å². The predicted octanol–water partition coefficient (Wildman–Crippen LogP) is 2.63. The number of carbonyl (C=O) groups excluding carboxylic acids is 1. The number of carbonyl (C=O) groups is 1. The predicted molar refractivity (Wildman–Crippen MR) is 91.2 cm³/mol. The van der Waals surface area contributed by atoms with Gasteiger partial charge in [0.2, 0.25) is 11.8 Å². The average molecular weight is 334 g/mol. The molecule has 0 unspecified atom stereocenters. The zero-order valence-corrected chi connectivity index (χ0v) is 15.3. The molecule has 2 aliphatic heterocycles. The molecule has 6 heteroatoms. The second-order valence-electron chi connectivity index (χ2n) is 8.04. The lowest BCUT2D eigenvalue weighted by atomic mass is 9.73. The summed E-state index contributed by atoms with van der Waals surface area (Å²) in [7, 11) is 0. The number of amides is 1. The Bertz CT molecular complexity index is 571. The minimum atomic E-state index is 0.252. The molecular formula is C18H30N4O2. The molecule has 2 saturated heterocycles. The van der Waals surface area contributed by atoms with Gasteiger partial charge in [0.25, 0.3) is 0 Å². The SMILES string of the molecule is Cc1nc(CN2CCC[C@@]3(CCC(=O)N(CCC(C)C)C3)C2)no1. The summed E-state index contributed by atoms with van der Waals surface area (Å²) < 4.78 is 5.09. The van der Waals surface area contributed by atoms with Gasteiger partial charge in [-0.15, -0.1) is 0 Å². The van der Waals surface area contributed by atoms with Crippen LogP contribution in [0, 0.1) is 18.3 Å². The van der Waals surface area contributed by atoms with Crippen molar-refractivity contribution < 1.29 is 9.32 Å². The van der Waals surface area contributed by atoms with Crippen LogP contribution in [-0.2, 0) is 11.3 Å². The fourth-order valence-electron chi connectivity index (χ4n) is 4.10. The molecule has 24 heavy (non-hydrogen) atoms. The molecule has 1 aromatic rings. The molecule has 3 rings (SSSR count). The Labute approximate surface area is 144 Å². The molecule has 134 valence electrons. The van der Waals surface area contributed by atoms with Crippen LogP contribution in [0.25, 0.3) is 0 Å². The van der Waals surface area contributed by atoms with Crippen LogP contribution >= 0.6 is 0 Å². The van der Waals surface area contributed by atoms with E-state index in [1.54, 1.807) is 0 Å². The van der Waals surface area contributed by atoms with Crippen LogP contribution in [0.4, 0.5) is 0 Å². The van der Waals surface area contributed by atoms with E-state index in [4.69, 9.17) is 4.52 Å². The standard InChI is InChI=1S/C18H30N4O2/c1-14(2)6-10-22-13-18(8-5-17(22)23)7-4-9-21(12-18)11-16-19-15(3)24-20-16/h14H,4-13H2,1-3H3/t18-/m1/s1. The van der Waals surface area contributed by atoms with E-state index in [2.05, 4.69) is 33.8 Å². The highest BCUT2D eigenvalue weighted by molar-refractivity contribution is 5.77. The Morgan fingerprint density at radius 2 is 2.12 bits per heavy atom. The van der Waals surface area contributed by atoms with Crippen LogP contribution in [0.5, 0.6) is 0 Å². The summed E-state index contributed by atoms with van der Waals surface area (Å²) in [6.07, 6.45) is 5.22. The topological polar surface area (TPSA) is 62.5 Å². The number of piperidine rings is 2. The molecule has 0 N–H and O–H groups in total. The van der Waals surface area contributed by atoms with Gasteiger partial charge in [0.1, 0.15) is 0 Å². The van der Waals surface area contributed by atoms with Gasteiger partial charge in [-0.1, -0.05) is 19.0 Å². The summed E-state index contributed by atoms with van der Waals surface area (Å²) in [4.78, 5) is 21.2. The normalized spacial score (nSPS) is 25.8. The van der Waals surface area contributed by atoms with Crippen molar-refractivity contribution in [2.75, 3.05) is 26.2 Å². The minimum Gasteiger partial charge on any atom is -0.342 e. The number of rotatable bonds is 5. The molecule has 0 saturated carbocycles. The van der Waals surface area contributed by atoms with Crippen molar-refractivity contribution in [3.63, 3.8) is 0 Å². The van der Waals surface area contributed by atoms with Crippen molar-refractivity contribution in [3.05, 3.63) is 11.7 Å². The minimum absolute atomic E-state index is 0.252. The maximum atomic E-state index is 12.3. The Morgan fingerprint density at radius 3 is 2.83 bits per heavy atom. The third kappa shape index (κ3) is 4.15. The molecule has 1 spiro atoms. The van der Waals surface area contributed by atoms with Crippen molar-refractivity contribution in [2.45, 2.75) is 59.4 Å². The highest BCUT2D eigenvalue weighted by Crippen LogP contribution is 2.39. The molecule has 0 radical (unpaired) electrons. The Hall–Kier alpha value is -1.43. The molecule has 0 bridgehead atoms. The maximum absolute atomic E-state index is 12.3. The first-order valence-corrected chi connectivity index (χ1v) is 9.25. The molecular weight excluding hydrogens is 304 g/mol. The smallest absolute Gasteiger partial charge is 0.223 e. The summed E-state index contributed by atoms with van der Waals surface area (Å²) in [5.41, 5.74) is 0.252. The van der Waals surface area contributed by atoms with Crippen molar-refractivity contribution in [2.24, 2.45) is 11.3 Å². The summed E-state index contributed by atoms with van der Waals surface area (Å²) in [5.74, 6) is 2.38. The van der Waals surface area contributed by atoms with E-state index >= 15 is 0 Å². The van der Waals surface area contributed by atoms with E-state index in [1.165, 1.54) is 12.8 Å². The molecule has 0 aromatic carbocycles. The highest BCUT2D eigenvalue weighted by atomic mass is 16.5. The van der Waals surface area contributed by atoms with Crippen LogP contribution < -0.4 is 0 Å². The van der Waals surface area contributed by atoms with Gasteiger partial charge in [-0.2, -0.15) is 4.98 Å². The third-order valence-corrected chi connectivity index (χ3v) is 5.40. The summed E-state index contributed by atoms with van der Waals surface area (Å²) >= 11 is 0. The van der Waals surface area contributed by atoms with Gasteiger partial charge in [0.05, 0.1) is 6.54 Å². The van der Waals surface area contributed by atoms with Crippen LogP contribution in [0.3, 0.4) is 0 Å². The van der Waals surface area contributed by atoms with Gasteiger partial charge in [0, 0.05) is 38.4 Å². The molecule has 1 amide bonds. The van der Waals surface area contributed by atoms with Gasteiger partial charge in [0.15, 0.2) is 5.82 Å². The lowest BCUT2D eigenvalue weighted by Gasteiger charge is -2.48. The first-order chi connectivity index (χ1) is 11.5. The highest BCUT2D eigenvalue weighted by Gasteiger charge is 2.41. The van der Waals surface area contributed by atoms with E-state index in [0.29, 0.717) is 24.1 Å². The molecule has 0 aliphatic carbocycles. The first-order valence-electron chi connectivity index (χ1n) is 9.25. The molecule has 1 aromatic heterocycles. The zero-order chi connectivity index (χ0) is 17.2. The van der Waals surface area contributed by atoms with Crippen molar-refractivity contribution >= 4 is 5.91 Å². The van der Waals surface area contributed by atoms with Gasteiger partial charge in [-0.3, -0.25) is 9.69 Å². The van der Waals surface area contributed by atoms with Gasteiger partial charge >= 0.3 is 0 Å². The lowest BCUT2D eigenvalue weighted by Crippen LogP contribution is -2.54. The number of aryl methyl sites for hydroxylation is 1. The summed E-state index contributed by atoms with van der Waals surface area (Å²) in [6.45, 7) is 11.0. The molecule has 1 atom stereocenters. The van der Waals surface area contributed by atoms with E-state index in [-0.39, 0.29) is 5.41 Å². The second-order valence-corrected chi connectivity index (χ2v) is 8.04. The third-order valence-electron chi connectivity index (χ3n) is 5.40. The molecule has 2 aliphatic rings. The fourth-order valence-corrected chi connectivity index (χ4v) is 4.10. The van der Waals surface area contributed by atoms with Crippen LogP contribution in [0.1, 0.15) is 57.7 Å². The number of hydrogen-bond acceptors (Lipinski definition) is 5. The Morgan fingerprint density at radius 1 is 1.29 bits per heavy atom. The number of likely N-dealkylation sites (tertiary alicyclic amines) is 2. The Kier molecular flexibility index (Phi) is 5.23. The molecule has 3 heterocycles. The van der Waals surface area contributed by atoms with Crippen LogP contribution in [0.2, 0.25) is 0 Å². The number of aromatic nitrogens is 2. The van der Waals surface area contributed by atoms with E-state index in [0.717, 1.165) is 51.4 Å². The van der Waals surface area contributed by atoms with E-state index in [1.807, 2.05) is 6.92 Å². The largest absolute Gasteiger partial charge is 0.342 e. The van der Waals surface area contributed by atoms with E-state index in [9.17, 15) is 4.79 Å². The first kappa shape index (κ1) is 17.4. The van der Waals surface area contributed by atoms with Crippen molar-refractivity contribution in [1.82, 2.24) is 19.9 Å². The second kappa shape index (κ2) is 7.21. The van der Waals surface area contributed by atoms with Gasteiger partial charge in [-0.05, 0) is 38.1 Å². The number of nitrogens with zero attached hydrogens (tertiary/aromatic N) is 4.